The van der Waals surface area contributed by atoms with Gasteiger partial charge in [-0.2, -0.15) is 0 Å². The summed E-state index contributed by atoms with van der Waals surface area (Å²) in [6.07, 6.45) is 9.28. The van der Waals surface area contributed by atoms with Gasteiger partial charge in [-0.25, -0.2) is 0 Å². The van der Waals surface area contributed by atoms with Gasteiger partial charge in [-0.1, -0.05) is 0 Å². The van der Waals surface area contributed by atoms with Crippen molar-refractivity contribution in [2.24, 2.45) is 0 Å². The molecule has 0 radical (unpaired) electrons. The van der Waals surface area contributed by atoms with Crippen LogP contribution in [0.15, 0.2) is 23.8 Å². The molecule has 0 spiro atoms. The van der Waals surface area contributed by atoms with E-state index in [1.165, 1.54) is 17.0 Å². The molecule has 0 unspecified atom stereocenters. The molecule has 15 heavy (non-hydrogen) atoms. The van der Waals surface area contributed by atoms with Crippen LogP contribution in [0.2, 0.25) is 27.6 Å². The van der Waals surface area contributed by atoms with E-state index in [0.29, 0.717) is 0 Å². The zero-order chi connectivity index (χ0) is 10.2. The predicted octanol–water partition coefficient (Wildman–Crippen LogP) is 5.99. The van der Waals surface area contributed by atoms with Crippen LogP contribution in [0.5, 0.6) is 0 Å². The molecule has 0 aromatic heterocycles. The van der Waals surface area contributed by atoms with E-state index >= 15 is 0 Å². The van der Waals surface area contributed by atoms with Crippen molar-refractivity contribution in [3.8, 4) is 0 Å². The van der Waals surface area contributed by atoms with E-state index in [-0.39, 0.29) is 24.8 Å². The Balaban J connectivity index is 0. The van der Waals surface area contributed by atoms with Crippen molar-refractivity contribution in [2.45, 2.75) is 40.4 Å². The molecule has 1 aliphatic rings. The van der Waals surface area contributed by atoms with E-state index in [1.54, 1.807) is 5.57 Å². The summed E-state index contributed by atoms with van der Waals surface area (Å²) in [7, 11) is 0. The second-order valence-electron chi connectivity index (χ2n) is 8.72. The van der Waals surface area contributed by atoms with Crippen molar-refractivity contribution in [3.63, 3.8) is 0 Å². The van der Waals surface area contributed by atoms with Crippen LogP contribution in [-0.4, -0.2) is 0 Å². The van der Waals surface area contributed by atoms with E-state index in [2.05, 4.69) is 41.6 Å². The fourth-order valence-electron chi connectivity index (χ4n) is 1.46. The summed E-state index contributed by atoms with van der Waals surface area (Å²) in [5.41, 5.74) is 1.63. The van der Waals surface area contributed by atoms with Crippen LogP contribution in [0.4, 0.5) is 0 Å². The Morgan fingerprint density at radius 2 is 1.60 bits per heavy atom. The van der Waals surface area contributed by atoms with Crippen LogP contribution in [-0.2, 0) is 17.0 Å². The monoisotopic (exact) mass is 420 g/mol. The molecule has 0 aromatic carbocycles. The average Bonchev–Trinajstić information content (AvgIpc) is 2.29. The van der Waals surface area contributed by atoms with Gasteiger partial charge in [-0.05, 0) is 0 Å². The first-order valence-corrected chi connectivity index (χ1v) is 25.9. The van der Waals surface area contributed by atoms with Gasteiger partial charge in [-0.3, -0.25) is 0 Å². The van der Waals surface area contributed by atoms with Crippen LogP contribution in [0.3, 0.4) is 0 Å². The van der Waals surface area contributed by atoms with Crippen molar-refractivity contribution < 1.29 is 17.0 Å². The third kappa shape index (κ3) is 9.84. The van der Waals surface area contributed by atoms with Gasteiger partial charge in [0, 0.05) is 0 Å². The molecule has 0 heterocycles. The second-order valence-corrected chi connectivity index (χ2v) is 59.2. The van der Waals surface area contributed by atoms with Crippen molar-refractivity contribution in [3.05, 3.63) is 23.8 Å². The van der Waals surface area contributed by atoms with Crippen LogP contribution in [0, 0.1) is 0 Å². The van der Waals surface area contributed by atoms with Crippen molar-refractivity contribution in [1.29, 1.82) is 0 Å². The van der Waals surface area contributed by atoms with Gasteiger partial charge in [0.1, 0.15) is 0 Å². The standard InChI is InChI=1S/C7H9.5CH3.2ClH.Hf/c1-2-7-5-3-4-6-7;;;;;;;;/h3-5H,1-2,6H2;5*1H3;2*1H;. The molecule has 0 fully saturated rings. The molecule has 1 aliphatic carbocycles. The van der Waals surface area contributed by atoms with E-state index < -0.39 is 17.0 Å². The Labute approximate surface area is 105 Å². The Morgan fingerprint density at radius 1 is 1.07 bits per heavy atom. The number of hydrogen-bond acceptors (Lipinski definition) is 0. The van der Waals surface area contributed by atoms with Gasteiger partial charge < -0.3 is 0 Å². The first-order chi connectivity index (χ1) is 5.55. The fraction of sp³-hybridized carbons (Fsp3) is 0.667. The fourth-order valence-corrected chi connectivity index (χ4v) is 7.11. The molecule has 0 amide bonds. The molecule has 0 atom stereocenters. The Bertz CT molecular complexity index is 266. The molecule has 1 rings (SSSR count). The van der Waals surface area contributed by atoms with Gasteiger partial charge in [0.15, 0.2) is 0 Å². The minimum atomic E-state index is -2.72. The zero-order valence-corrected chi connectivity index (χ0v) is 15.9. The summed E-state index contributed by atoms with van der Waals surface area (Å²) in [5.74, 6) is 0. The third-order valence-electron chi connectivity index (χ3n) is 2.54. The molecular formula is C12H26Cl2Hf. The number of halogens is 2. The summed E-state index contributed by atoms with van der Waals surface area (Å²) < 4.78 is 14.2. The van der Waals surface area contributed by atoms with Crippen LogP contribution >= 0.6 is 24.8 Å². The maximum absolute atomic E-state index is 2.72. The molecule has 0 bridgehead atoms. The van der Waals surface area contributed by atoms with Crippen LogP contribution < -0.4 is 0 Å². The Morgan fingerprint density at radius 3 is 1.93 bits per heavy atom. The summed E-state index contributed by atoms with van der Waals surface area (Å²) in [6, 6.07) is 0. The number of allylic oxidation sites excluding steroid dienone is 4. The molecule has 3 heteroatoms. The number of rotatable bonds is 3. The van der Waals surface area contributed by atoms with E-state index in [4.69, 9.17) is 0 Å². The zero-order valence-electron chi connectivity index (χ0n) is 10.7. The normalized spacial score (nSPS) is 19.4. The number of hydrogen-bond donors (Lipinski definition) is 0. The molecular weight excluding hydrogens is 394 g/mol. The van der Waals surface area contributed by atoms with Gasteiger partial charge in [-0.15, -0.1) is 24.8 Å². The minimum absolute atomic E-state index is 0. The van der Waals surface area contributed by atoms with E-state index in [1.807, 2.05) is 0 Å². The quantitative estimate of drug-likeness (QED) is 0.493. The van der Waals surface area contributed by atoms with Crippen molar-refractivity contribution >= 4 is 24.8 Å². The van der Waals surface area contributed by atoms with Gasteiger partial charge in [0.2, 0.25) is 0 Å². The van der Waals surface area contributed by atoms with Gasteiger partial charge in [0.25, 0.3) is 0 Å². The molecule has 0 aliphatic heterocycles. The maximum atomic E-state index is 2.55. The van der Waals surface area contributed by atoms with E-state index in [9.17, 15) is 0 Å². The molecule has 0 aromatic rings. The average molecular weight is 420 g/mol. The summed E-state index contributed by atoms with van der Waals surface area (Å²) in [4.78, 5) is 0. The summed E-state index contributed by atoms with van der Waals surface area (Å²) >= 11 is -2.72. The Hall–Kier alpha value is 0.930. The van der Waals surface area contributed by atoms with Gasteiger partial charge >= 0.3 is 81.3 Å². The van der Waals surface area contributed by atoms with Gasteiger partial charge in [0.05, 0.1) is 0 Å². The molecule has 92 valence electrons. The topological polar surface area (TPSA) is 0 Å². The molecule has 0 N–H and O–H groups in total. The van der Waals surface area contributed by atoms with E-state index in [0.717, 1.165) is 0 Å². The second kappa shape index (κ2) is 4.66. The molecule has 0 saturated carbocycles. The third-order valence-corrected chi connectivity index (χ3v) is 12.4. The first kappa shape index (κ1) is 18.3. The van der Waals surface area contributed by atoms with Crippen LogP contribution in [0.1, 0.15) is 12.8 Å². The molecule has 0 saturated heterocycles. The van der Waals surface area contributed by atoms with Crippen LogP contribution in [0.25, 0.3) is 0 Å². The predicted molar refractivity (Wildman–Crippen MR) is 75.1 cm³/mol. The van der Waals surface area contributed by atoms with Crippen molar-refractivity contribution in [1.82, 2.24) is 0 Å². The van der Waals surface area contributed by atoms with Crippen molar-refractivity contribution in [2.75, 3.05) is 0 Å². The first-order valence-electron chi connectivity index (χ1n) is 5.42. The summed E-state index contributed by atoms with van der Waals surface area (Å²) in [5, 5.41) is 0. The molecule has 0 nitrogen and oxygen atoms in total. The Kier molecular flexibility index (Phi) is 5.69. The SMILES string of the molecule is Cl.Cl.[CH3][Hf]([CH3])([CH3])([CH3])([CH3])[CH2]CC1=CC=CC1. The summed E-state index contributed by atoms with van der Waals surface area (Å²) in [6.45, 7) is 0.